The van der Waals surface area contributed by atoms with E-state index in [0.29, 0.717) is 12.2 Å². The van der Waals surface area contributed by atoms with Crippen molar-refractivity contribution in [1.82, 2.24) is 9.29 Å². The zero-order valence-corrected chi connectivity index (χ0v) is 12.8. The average Bonchev–Trinajstić information content (AvgIpc) is 2.64. The molecule has 1 rings (SSSR count). The van der Waals surface area contributed by atoms with Gasteiger partial charge in [0, 0.05) is 13.1 Å². The number of sulfonamides is 1. The van der Waals surface area contributed by atoms with Crippen LogP contribution in [0.3, 0.4) is 0 Å². The monoisotopic (exact) mass is 312 g/mol. The third-order valence-electron chi connectivity index (χ3n) is 2.41. The predicted octanol–water partition coefficient (Wildman–Crippen LogP) is 1.89. The first-order chi connectivity index (χ1) is 8.43. The van der Waals surface area contributed by atoms with Crippen molar-refractivity contribution in [2.75, 3.05) is 19.7 Å². The molecule has 18 heavy (non-hydrogen) atoms. The Kier molecular flexibility index (Phi) is 6.00. The Morgan fingerprint density at radius 1 is 1.44 bits per heavy atom. The second-order valence-electron chi connectivity index (χ2n) is 3.82. The summed E-state index contributed by atoms with van der Waals surface area (Å²) >= 11 is 6.68. The number of hydrogen-bond donors (Lipinski definition) is 1. The lowest BCUT2D eigenvalue weighted by molar-refractivity contribution is 0.252. The Morgan fingerprint density at radius 2 is 2.11 bits per heavy atom. The van der Waals surface area contributed by atoms with Crippen LogP contribution in [0.25, 0.3) is 0 Å². The van der Waals surface area contributed by atoms with E-state index in [1.54, 1.807) is 6.92 Å². The first-order valence-electron chi connectivity index (χ1n) is 5.67. The normalized spacial score (nSPS) is 12.3. The fraction of sp³-hybridized carbons (Fsp3) is 0.700. The topological polar surface area (TPSA) is 70.5 Å². The molecule has 0 fully saturated rings. The van der Waals surface area contributed by atoms with E-state index in [4.69, 9.17) is 16.7 Å². The summed E-state index contributed by atoms with van der Waals surface area (Å²) in [5.41, 5.74) is 0.407. The zero-order valence-electron chi connectivity index (χ0n) is 10.4. The maximum atomic E-state index is 12.4. The molecule has 104 valence electrons. The number of halogens is 1. The maximum Gasteiger partial charge on any atom is 0.254 e. The van der Waals surface area contributed by atoms with Crippen LogP contribution in [0.1, 0.15) is 25.5 Å². The van der Waals surface area contributed by atoms with Crippen molar-refractivity contribution in [1.29, 1.82) is 0 Å². The van der Waals surface area contributed by atoms with Gasteiger partial charge in [0.15, 0.2) is 8.68 Å². The molecule has 0 radical (unpaired) electrons. The average molecular weight is 313 g/mol. The SMILES string of the molecule is CCCCN(CCO)S(=O)(=O)c1sc(Cl)nc1C. The first-order valence-corrected chi connectivity index (χ1v) is 8.30. The number of aryl methyl sites for hydroxylation is 1. The Labute approximate surface area is 116 Å². The van der Waals surface area contributed by atoms with E-state index in [9.17, 15) is 8.42 Å². The summed E-state index contributed by atoms with van der Waals surface area (Å²) in [6.07, 6.45) is 1.64. The first kappa shape index (κ1) is 15.8. The van der Waals surface area contributed by atoms with Gasteiger partial charge in [0.2, 0.25) is 0 Å². The molecule has 8 heteroatoms. The number of thiazole rings is 1. The molecule has 0 amide bonds. The van der Waals surface area contributed by atoms with Crippen molar-refractivity contribution in [3.05, 3.63) is 10.2 Å². The van der Waals surface area contributed by atoms with Crippen molar-refractivity contribution < 1.29 is 13.5 Å². The summed E-state index contributed by atoms with van der Waals surface area (Å²) in [6, 6.07) is 0. The minimum absolute atomic E-state index is 0.0945. The van der Waals surface area contributed by atoms with Gasteiger partial charge in [-0.25, -0.2) is 13.4 Å². The van der Waals surface area contributed by atoms with Gasteiger partial charge in [0.25, 0.3) is 10.0 Å². The molecule has 0 atom stereocenters. The molecule has 0 saturated heterocycles. The largest absolute Gasteiger partial charge is 0.395 e. The van der Waals surface area contributed by atoms with E-state index < -0.39 is 10.0 Å². The van der Waals surface area contributed by atoms with Crippen LogP contribution in [-0.4, -0.2) is 42.5 Å². The second kappa shape index (κ2) is 6.81. The predicted molar refractivity (Wildman–Crippen MR) is 72.6 cm³/mol. The van der Waals surface area contributed by atoms with Gasteiger partial charge >= 0.3 is 0 Å². The summed E-state index contributed by atoms with van der Waals surface area (Å²) < 4.78 is 26.4. The lowest BCUT2D eigenvalue weighted by atomic mass is 10.3. The number of unbranched alkanes of at least 4 members (excludes halogenated alkanes) is 1. The number of aromatic nitrogens is 1. The highest BCUT2D eigenvalue weighted by Gasteiger charge is 2.28. The minimum atomic E-state index is -3.60. The number of aliphatic hydroxyl groups excluding tert-OH is 1. The third kappa shape index (κ3) is 3.64. The van der Waals surface area contributed by atoms with Crippen molar-refractivity contribution in [2.24, 2.45) is 0 Å². The Balaban J connectivity index is 3.04. The molecule has 0 aliphatic carbocycles. The smallest absolute Gasteiger partial charge is 0.254 e. The van der Waals surface area contributed by atoms with E-state index in [2.05, 4.69) is 4.98 Å². The number of aliphatic hydroxyl groups is 1. The summed E-state index contributed by atoms with van der Waals surface area (Å²) in [5.74, 6) is 0. The summed E-state index contributed by atoms with van der Waals surface area (Å²) in [7, 11) is -3.60. The zero-order chi connectivity index (χ0) is 13.8. The van der Waals surface area contributed by atoms with Crippen LogP contribution in [-0.2, 0) is 10.0 Å². The number of rotatable bonds is 7. The van der Waals surface area contributed by atoms with Crippen molar-refractivity contribution in [3.63, 3.8) is 0 Å². The van der Waals surface area contributed by atoms with Crippen LogP contribution < -0.4 is 0 Å². The Morgan fingerprint density at radius 3 is 2.56 bits per heavy atom. The van der Waals surface area contributed by atoms with Crippen LogP contribution in [0.2, 0.25) is 4.47 Å². The Bertz CT molecular complexity index is 487. The fourth-order valence-corrected chi connectivity index (χ4v) is 4.85. The highest BCUT2D eigenvalue weighted by atomic mass is 35.5. The molecule has 5 nitrogen and oxygen atoms in total. The lowest BCUT2D eigenvalue weighted by Gasteiger charge is -2.20. The molecule has 1 aromatic heterocycles. The fourth-order valence-electron chi connectivity index (χ4n) is 1.51. The summed E-state index contributed by atoms with van der Waals surface area (Å²) in [4.78, 5) is 3.92. The van der Waals surface area contributed by atoms with Crippen molar-refractivity contribution in [2.45, 2.75) is 30.9 Å². The van der Waals surface area contributed by atoms with Gasteiger partial charge in [-0.3, -0.25) is 0 Å². The van der Waals surface area contributed by atoms with E-state index >= 15 is 0 Å². The highest BCUT2D eigenvalue weighted by molar-refractivity contribution is 7.91. The van der Waals surface area contributed by atoms with Gasteiger partial charge in [-0.2, -0.15) is 4.31 Å². The molecule has 0 spiro atoms. The molecule has 1 aromatic rings. The molecule has 0 aliphatic rings. The van der Waals surface area contributed by atoms with Crippen molar-refractivity contribution in [3.8, 4) is 0 Å². The highest BCUT2D eigenvalue weighted by Crippen LogP contribution is 2.29. The molecule has 0 aliphatic heterocycles. The Hall–Kier alpha value is -0.210. The minimum Gasteiger partial charge on any atom is -0.395 e. The van der Waals surface area contributed by atoms with Gasteiger partial charge in [-0.1, -0.05) is 36.3 Å². The summed E-state index contributed by atoms with van der Waals surface area (Å²) in [5, 5.41) is 8.98. The molecule has 0 bridgehead atoms. The third-order valence-corrected chi connectivity index (χ3v) is 6.16. The lowest BCUT2D eigenvalue weighted by Crippen LogP contribution is -2.34. The van der Waals surface area contributed by atoms with E-state index in [1.807, 2.05) is 6.92 Å². The second-order valence-corrected chi connectivity index (χ2v) is 7.54. The molecule has 0 unspecified atom stereocenters. The van der Waals surface area contributed by atoms with Crippen LogP contribution in [0.4, 0.5) is 0 Å². The standard InChI is InChI=1S/C10H17ClN2O3S2/c1-3-4-5-13(6-7-14)18(15,16)9-8(2)12-10(11)17-9/h14H,3-7H2,1-2H3. The number of hydrogen-bond acceptors (Lipinski definition) is 5. The van der Waals surface area contributed by atoms with Gasteiger partial charge in [0.1, 0.15) is 0 Å². The maximum absolute atomic E-state index is 12.4. The van der Waals surface area contributed by atoms with E-state index in [1.165, 1.54) is 4.31 Å². The van der Waals surface area contributed by atoms with Gasteiger partial charge in [-0.05, 0) is 13.3 Å². The van der Waals surface area contributed by atoms with Gasteiger partial charge < -0.3 is 5.11 Å². The molecule has 0 aromatic carbocycles. The van der Waals surface area contributed by atoms with Crippen LogP contribution in [0.15, 0.2) is 4.21 Å². The van der Waals surface area contributed by atoms with Crippen molar-refractivity contribution >= 4 is 33.0 Å². The molecule has 1 heterocycles. The van der Waals surface area contributed by atoms with Gasteiger partial charge in [0.05, 0.1) is 12.3 Å². The number of nitrogens with zero attached hydrogens (tertiary/aromatic N) is 2. The van der Waals surface area contributed by atoms with Crippen LogP contribution in [0.5, 0.6) is 0 Å². The van der Waals surface area contributed by atoms with Crippen LogP contribution in [0, 0.1) is 6.92 Å². The molecule has 1 N–H and O–H groups in total. The molecular weight excluding hydrogens is 296 g/mol. The van der Waals surface area contributed by atoms with Crippen LogP contribution >= 0.6 is 22.9 Å². The summed E-state index contributed by atoms with van der Waals surface area (Å²) in [6.45, 7) is 3.89. The van der Waals surface area contributed by atoms with E-state index in [0.717, 1.165) is 24.2 Å². The quantitative estimate of drug-likeness (QED) is 0.834. The van der Waals surface area contributed by atoms with Gasteiger partial charge in [-0.15, -0.1) is 0 Å². The molecule has 0 saturated carbocycles. The molecular formula is C10H17ClN2O3S2. The van der Waals surface area contributed by atoms with E-state index in [-0.39, 0.29) is 21.8 Å².